The lowest BCUT2D eigenvalue weighted by molar-refractivity contribution is -0.121. The number of aryl methyl sites for hydroxylation is 1. The summed E-state index contributed by atoms with van der Waals surface area (Å²) in [5, 5.41) is 3.49. The van der Waals surface area contributed by atoms with Crippen molar-refractivity contribution in [1.82, 2.24) is 19.4 Å². The largest absolute Gasteiger partial charge is 0.350 e. The zero-order valence-electron chi connectivity index (χ0n) is 18.1. The Morgan fingerprint density at radius 3 is 2.48 bits per heavy atom. The molecular weight excluding hydrogens is 414 g/mol. The highest BCUT2D eigenvalue weighted by molar-refractivity contribution is 7.22. The SMILES string of the molecule is C=CCn1c(=O)c2sc(N(CC)CC)nc2n(CC(=O)NCc2ccc(C)cc2)c1=O. The molecule has 3 aromatic rings. The predicted octanol–water partition coefficient (Wildman–Crippen LogP) is 2.28. The van der Waals surface area contributed by atoms with Gasteiger partial charge < -0.3 is 10.2 Å². The van der Waals surface area contributed by atoms with Crippen LogP contribution < -0.4 is 21.5 Å². The first-order chi connectivity index (χ1) is 14.9. The number of thiazole rings is 1. The Bertz CT molecular complexity index is 1200. The second kappa shape index (κ2) is 9.74. The van der Waals surface area contributed by atoms with Crippen LogP contribution in [0.4, 0.5) is 5.13 Å². The highest BCUT2D eigenvalue weighted by Gasteiger charge is 2.20. The lowest BCUT2D eigenvalue weighted by Gasteiger charge is -2.16. The van der Waals surface area contributed by atoms with Gasteiger partial charge in [0, 0.05) is 26.2 Å². The Kier molecular flexibility index (Phi) is 7.06. The fourth-order valence-corrected chi connectivity index (χ4v) is 4.38. The molecule has 2 aromatic heterocycles. The zero-order valence-corrected chi connectivity index (χ0v) is 18.9. The topological polar surface area (TPSA) is 89.2 Å². The molecule has 2 heterocycles. The average Bonchev–Trinajstić information content (AvgIpc) is 3.20. The molecule has 0 atom stereocenters. The number of rotatable bonds is 9. The van der Waals surface area contributed by atoms with Crippen molar-refractivity contribution < 1.29 is 4.79 Å². The Hall–Kier alpha value is -3.20. The molecule has 0 unspecified atom stereocenters. The molecular formula is C22H27N5O3S. The maximum absolute atomic E-state index is 13.0. The number of fused-ring (bicyclic) bond motifs is 1. The summed E-state index contributed by atoms with van der Waals surface area (Å²) in [7, 11) is 0. The highest BCUT2D eigenvalue weighted by atomic mass is 32.1. The standard InChI is InChI=1S/C22H27N5O3S/c1-5-12-26-20(29)18-19(24-21(31-18)25(6-2)7-3)27(22(26)30)14-17(28)23-13-16-10-8-15(4)9-11-16/h5,8-11H,1,6-7,12-14H2,2-4H3,(H,23,28). The van der Waals surface area contributed by atoms with Gasteiger partial charge in [0.25, 0.3) is 5.56 Å². The van der Waals surface area contributed by atoms with E-state index in [0.29, 0.717) is 16.4 Å². The van der Waals surface area contributed by atoms with Crippen LogP contribution in [0.5, 0.6) is 0 Å². The van der Waals surface area contributed by atoms with Crippen molar-refractivity contribution in [3.63, 3.8) is 0 Å². The van der Waals surface area contributed by atoms with Crippen molar-refractivity contribution in [2.75, 3.05) is 18.0 Å². The minimum absolute atomic E-state index is 0.0666. The van der Waals surface area contributed by atoms with E-state index < -0.39 is 11.2 Å². The van der Waals surface area contributed by atoms with Crippen LogP contribution in [0.15, 0.2) is 46.5 Å². The molecule has 1 amide bonds. The van der Waals surface area contributed by atoms with Crippen LogP contribution in [0, 0.1) is 6.92 Å². The molecule has 0 aliphatic carbocycles. The first kappa shape index (κ1) is 22.5. The summed E-state index contributed by atoms with van der Waals surface area (Å²) in [6.07, 6.45) is 1.49. The van der Waals surface area contributed by atoms with Crippen LogP contribution >= 0.6 is 11.3 Å². The molecule has 0 saturated carbocycles. The molecule has 164 valence electrons. The average molecular weight is 442 g/mol. The first-order valence-corrected chi connectivity index (χ1v) is 11.0. The smallest absolute Gasteiger partial charge is 0.333 e. The van der Waals surface area contributed by atoms with Gasteiger partial charge >= 0.3 is 5.69 Å². The van der Waals surface area contributed by atoms with Crippen molar-refractivity contribution in [1.29, 1.82) is 0 Å². The van der Waals surface area contributed by atoms with E-state index in [9.17, 15) is 14.4 Å². The quantitative estimate of drug-likeness (QED) is 0.515. The van der Waals surface area contributed by atoms with Crippen molar-refractivity contribution in [2.24, 2.45) is 0 Å². The van der Waals surface area contributed by atoms with Crippen molar-refractivity contribution in [2.45, 2.75) is 40.4 Å². The third kappa shape index (κ3) is 4.77. The van der Waals surface area contributed by atoms with Crippen LogP contribution in [0.3, 0.4) is 0 Å². The fourth-order valence-electron chi connectivity index (χ4n) is 3.24. The van der Waals surface area contributed by atoms with E-state index in [4.69, 9.17) is 0 Å². The summed E-state index contributed by atoms with van der Waals surface area (Å²) in [6, 6.07) is 7.84. The lowest BCUT2D eigenvalue weighted by Crippen LogP contribution is -2.42. The molecule has 9 heteroatoms. The van der Waals surface area contributed by atoms with Crippen molar-refractivity contribution >= 4 is 32.7 Å². The number of carbonyl (C=O) groups is 1. The summed E-state index contributed by atoms with van der Waals surface area (Å²) in [5.74, 6) is -0.329. The molecule has 0 aliphatic rings. The number of allylic oxidation sites excluding steroid dienone is 1. The minimum atomic E-state index is -0.570. The summed E-state index contributed by atoms with van der Waals surface area (Å²) in [6.45, 7) is 11.3. The second-order valence-electron chi connectivity index (χ2n) is 7.16. The normalized spacial score (nSPS) is 10.9. The molecule has 0 spiro atoms. The molecule has 0 aliphatic heterocycles. The summed E-state index contributed by atoms with van der Waals surface area (Å²) in [5.41, 5.74) is 1.37. The molecule has 0 bridgehead atoms. The fraction of sp³-hybridized carbons (Fsp3) is 0.364. The molecule has 3 rings (SSSR count). The molecule has 0 radical (unpaired) electrons. The number of carbonyl (C=O) groups excluding carboxylic acids is 1. The second-order valence-corrected chi connectivity index (χ2v) is 8.13. The Balaban J connectivity index is 1.97. The number of hydrogen-bond donors (Lipinski definition) is 1. The molecule has 1 N–H and O–H groups in total. The van der Waals surface area contributed by atoms with E-state index >= 15 is 0 Å². The number of nitrogens with zero attached hydrogens (tertiary/aromatic N) is 4. The van der Waals surface area contributed by atoms with E-state index in [1.165, 1.54) is 22.0 Å². The maximum atomic E-state index is 13.0. The molecule has 1 aromatic carbocycles. The molecule has 8 nitrogen and oxygen atoms in total. The van der Waals surface area contributed by atoms with E-state index in [0.717, 1.165) is 28.8 Å². The Labute approximate surface area is 184 Å². The van der Waals surface area contributed by atoms with Crippen molar-refractivity contribution in [3.8, 4) is 0 Å². The van der Waals surface area contributed by atoms with Gasteiger partial charge in [-0.3, -0.25) is 18.7 Å². The molecule has 0 fully saturated rings. The van der Waals surface area contributed by atoms with Gasteiger partial charge in [0.15, 0.2) is 10.8 Å². The van der Waals surface area contributed by atoms with Crippen LogP contribution in [0.1, 0.15) is 25.0 Å². The predicted molar refractivity (Wildman–Crippen MR) is 125 cm³/mol. The van der Waals surface area contributed by atoms with E-state index in [-0.39, 0.29) is 24.6 Å². The molecule has 0 saturated heterocycles. The zero-order chi connectivity index (χ0) is 22.5. The summed E-state index contributed by atoms with van der Waals surface area (Å²) in [4.78, 5) is 45.1. The van der Waals surface area contributed by atoms with Crippen LogP contribution in [0.25, 0.3) is 10.3 Å². The van der Waals surface area contributed by atoms with Gasteiger partial charge in [-0.15, -0.1) is 6.58 Å². The summed E-state index contributed by atoms with van der Waals surface area (Å²) < 4.78 is 2.72. The number of aromatic nitrogens is 3. The van der Waals surface area contributed by atoms with E-state index in [2.05, 4.69) is 16.9 Å². The van der Waals surface area contributed by atoms with Gasteiger partial charge in [-0.25, -0.2) is 9.78 Å². The van der Waals surface area contributed by atoms with E-state index in [1.54, 1.807) is 0 Å². The van der Waals surface area contributed by atoms with Gasteiger partial charge in [0.2, 0.25) is 5.91 Å². The van der Waals surface area contributed by atoms with Crippen molar-refractivity contribution in [3.05, 3.63) is 68.9 Å². The molecule has 31 heavy (non-hydrogen) atoms. The minimum Gasteiger partial charge on any atom is -0.350 e. The van der Waals surface area contributed by atoms with Gasteiger partial charge in [0.05, 0.1) is 0 Å². The van der Waals surface area contributed by atoms with Crippen LogP contribution in [0.2, 0.25) is 0 Å². The number of nitrogens with one attached hydrogen (secondary N) is 1. The Morgan fingerprint density at radius 1 is 1.19 bits per heavy atom. The number of anilines is 1. The van der Waals surface area contributed by atoms with E-state index in [1.807, 2.05) is 49.9 Å². The third-order valence-corrected chi connectivity index (χ3v) is 6.11. The van der Waals surface area contributed by atoms with Gasteiger partial charge in [-0.05, 0) is 26.3 Å². The maximum Gasteiger partial charge on any atom is 0.333 e. The Morgan fingerprint density at radius 2 is 1.87 bits per heavy atom. The van der Waals surface area contributed by atoms with Crippen LogP contribution in [-0.2, 0) is 24.4 Å². The summed E-state index contributed by atoms with van der Waals surface area (Å²) >= 11 is 1.24. The third-order valence-electron chi connectivity index (χ3n) is 5.01. The monoisotopic (exact) mass is 441 g/mol. The number of amides is 1. The van der Waals surface area contributed by atoms with Gasteiger partial charge in [-0.2, -0.15) is 0 Å². The number of hydrogen-bond acceptors (Lipinski definition) is 6. The van der Waals surface area contributed by atoms with Gasteiger partial charge in [0.1, 0.15) is 11.2 Å². The van der Waals surface area contributed by atoms with Gasteiger partial charge in [-0.1, -0.05) is 47.2 Å². The highest BCUT2D eigenvalue weighted by Crippen LogP contribution is 2.25. The number of benzene rings is 1. The van der Waals surface area contributed by atoms with Crippen LogP contribution in [-0.4, -0.2) is 33.1 Å². The first-order valence-electron chi connectivity index (χ1n) is 10.2. The lowest BCUT2D eigenvalue weighted by atomic mass is 10.1.